The molecule has 0 bridgehead atoms. The van der Waals surface area contributed by atoms with E-state index in [1.807, 2.05) is 4.90 Å². The number of pyridine rings is 1. The lowest BCUT2D eigenvalue weighted by molar-refractivity contribution is 0.0677. The fourth-order valence-electron chi connectivity index (χ4n) is 4.03. The van der Waals surface area contributed by atoms with Gasteiger partial charge < -0.3 is 19.7 Å². The third-order valence-corrected chi connectivity index (χ3v) is 5.97. The summed E-state index contributed by atoms with van der Waals surface area (Å²) >= 11 is 5.96. The highest BCUT2D eigenvalue weighted by molar-refractivity contribution is 6.31. The first kappa shape index (κ1) is 22.1. The lowest BCUT2D eigenvalue weighted by Gasteiger charge is -2.30. The van der Waals surface area contributed by atoms with Gasteiger partial charge in [0.1, 0.15) is 11.5 Å². The zero-order valence-electron chi connectivity index (χ0n) is 18.2. The molecule has 4 rings (SSSR count). The van der Waals surface area contributed by atoms with Gasteiger partial charge in [-0.25, -0.2) is 9.37 Å². The molecule has 1 saturated heterocycles. The maximum atomic E-state index is 13.6. The van der Waals surface area contributed by atoms with E-state index in [0.29, 0.717) is 53.1 Å². The standard InChI is InChI=1S/C24H25ClFN3O3/c1-14-5-4-8-29(13-14)24(30)21-11-19(27-15-6-7-18(26)17(25)9-15)16-10-22(31-2)23(32-3)12-20(16)28-21/h6-7,9-12,14H,4-5,8,13H2,1-3H3,(H,27,28)/t14-/m1/s1. The molecule has 0 unspecified atom stereocenters. The van der Waals surface area contributed by atoms with Crippen molar-refractivity contribution in [2.75, 3.05) is 32.6 Å². The number of amides is 1. The van der Waals surface area contributed by atoms with Crippen molar-refractivity contribution in [1.82, 2.24) is 9.88 Å². The molecule has 0 radical (unpaired) electrons. The Hall–Kier alpha value is -3.06. The maximum Gasteiger partial charge on any atom is 0.272 e. The zero-order chi connectivity index (χ0) is 22.8. The topological polar surface area (TPSA) is 63.7 Å². The number of ether oxygens (including phenoxy) is 2. The van der Waals surface area contributed by atoms with Gasteiger partial charge in [-0.3, -0.25) is 4.79 Å². The lowest BCUT2D eigenvalue weighted by atomic mass is 10.00. The van der Waals surface area contributed by atoms with E-state index >= 15 is 0 Å². The zero-order valence-corrected chi connectivity index (χ0v) is 19.0. The highest BCUT2D eigenvalue weighted by Gasteiger charge is 2.24. The molecule has 0 saturated carbocycles. The molecule has 1 atom stereocenters. The van der Waals surface area contributed by atoms with Crippen LogP contribution in [-0.4, -0.2) is 43.1 Å². The van der Waals surface area contributed by atoms with Crippen molar-refractivity contribution in [2.24, 2.45) is 5.92 Å². The van der Waals surface area contributed by atoms with E-state index in [-0.39, 0.29) is 10.9 Å². The van der Waals surface area contributed by atoms with Crippen LogP contribution in [0.15, 0.2) is 36.4 Å². The monoisotopic (exact) mass is 457 g/mol. The van der Waals surface area contributed by atoms with Gasteiger partial charge in [0, 0.05) is 30.2 Å². The second-order valence-corrected chi connectivity index (χ2v) is 8.44. The van der Waals surface area contributed by atoms with Crippen LogP contribution in [0.3, 0.4) is 0 Å². The molecule has 1 aromatic heterocycles. The number of hydrogen-bond donors (Lipinski definition) is 1. The van der Waals surface area contributed by atoms with Gasteiger partial charge in [-0.2, -0.15) is 0 Å². The molecule has 2 aromatic carbocycles. The van der Waals surface area contributed by atoms with Crippen LogP contribution >= 0.6 is 11.6 Å². The van der Waals surface area contributed by atoms with Crippen LogP contribution in [0.4, 0.5) is 15.8 Å². The summed E-state index contributed by atoms with van der Waals surface area (Å²) in [6.45, 7) is 3.57. The van der Waals surface area contributed by atoms with Crippen LogP contribution in [-0.2, 0) is 0 Å². The number of methoxy groups -OCH3 is 2. The number of carbonyl (C=O) groups is 1. The summed E-state index contributed by atoms with van der Waals surface area (Å²) in [5.41, 5.74) is 2.12. The third kappa shape index (κ3) is 4.43. The number of fused-ring (bicyclic) bond motifs is 1. The Morgan fingerprint density at radius 3 is 2.62 bits per heavy atom. The number of benzene rings is 2. The summed E-state index contributed by atoms with van der Waals surface area (Å²) in [7, 11) is 3.10. The summed E-state index contributed by atoms with van der Waals surface area (Å²) in [6.07, 6.45) is 2.09. The van der Waals surface area contributed by atoms with Crippen molar-refractivity contribution >= 4 is 39.8 Å². The molecule has 1 fully saturated rings. The second-order valence-electron chi connectivity index (χ2n) is 8.03. The molecule has 168 valence electrons. The fourth-order valence-corrected chi connectivity index (χ4v) is 4.21. The molecule has 1 aliphatic rings. The van der Waals surface area contributed by atoms with Crippen LogP contribution in [0.2, 0.25) is 5.02 Å². The number of carbonyl (C=O) groups excluding carboxylic acids is 1. The van der Waals surface area contributed by atoms with E-state index in [0.717, 1.165) is 18.2 Å². The van der Waals surface area contributed by atoms with Crippen molar-refractivity contribution in [3.8, 4) is 11.5 Å². The second kappa shape index (κ2) is 9.20. The lowest BCUT2D eigenvalue weighted by Crippen LogP contribution is -2.39. The van der Waals surface area contributed by atoms with E-state index < -0.39 is 5.82 Å². The Morgan fingerprint density at radius 2 is 1.94 bits per heavy atom. The fraction of sp³-hybridized carbons (Fsp3) is 0.333. The van der Waals surface area contributed by atoms with Crippen LogP contribution in [0, 0.1) is 11.7 Å². The molecule has 0 spiro atoms. The quantitative estimate of drug-likeness (QED) is 0.535. The van der Waals surface area contributed by atoms with E-state index in [4.69, 9.17) is 21.1 Å². The molecule has 6 nitrogen and oxygen atoms in total. The summed E-state index contributed by atoms with van der Waals surface area (Å²) in [5, 5.41) is 3.99. The molecule has 1 amide bonds. The Bertz CT molecular complexity index is 1170. The van der Waals surface area contributed by atoms with Gasteiger partial charge in [-0.15, -0.1) is 0 Å². The molecule has 32 heavy (non-hydrogen) atoms. The highest BCUT2D eigenvalue weighted by atomic mass is 35.5. The number of aromatic nitrogens is 1. The molecule has 3 aromatic rings. The molecular weight excluding hydrogens is 433 g/mol. The van der Waals surface area contributed by atoms with Crippen LogP contribution < -0.4 is 14.8 Å². The van der Waals surface area contributed by atoms with E-state index in [2.05, 4.69) is 17.2 Å². The van der Waals surface area contributed by atoms with Crippen molar-refractivity contribution in [3.63, 3.8) is 0 Å². The van der Waals surface area contributed by atoms with Crippen LogP contribution in [0.1, 0.15) is 30.3 Å². The van der Waals surface area contributed by atoms with Crippen LogP contribution in [0.25, 0.3) is 10.9 Å². The smallest absolute Gasteiger partial charge is 0.272 e. The summed E-state index contributed by atoms with van der Waals surface area (Å²) in [6, 6.07) is 9.63. The first-order valence-corrected chi connectivity index (χ1v) is 10.9. The number of rotatable bonds is 5. The number of anilines is 2. The van der Waals surface area contributed by atoms with Gasteiger partial charge in [0.15, 0.2) is 11.5 Å². The average Bonchev–Trinajstić information content (AvgIpc) is 2.80. The Labute approximate surface area is 191 Å². The Balaban J connectivity index is 1.82. The first-order chi connectivity index (χ1) is 15.4. The normalized spacial score (nSPS) is 16.2. The molecule has 1 N–H and O–H groups in total. The van der Waals surface area contributed by atoms with Gasteiger partial charge in [0.05, 0.1) is 30.4 Å². The Morgan fingerprint density at radius 1 is 1.19 bits per heavy atom. The summed E-state index contributed by atoms with van der Waals surface area (Å²) < 4.78 is 24.5. The predicted octanol–water partition coefficient (Wildman–Crippen LogP) is 5.66. The van der Waals surface area contributed by atoms with E-state index in [1.165, 1.54) is 12.1 Å². The van der Waals surface area contributed by atoms with Gasteiger partial charge in [-0.1, -0.05) is 18.5 Å². The highest BCUT2D eigenvalue weighted by Crippen LogP contribution is 2.36. The van der Waals surface area contributed by atoms with E-state index in [9.17, 15) is 9.18 Å². The SMILES string of the molecule is COc1cc2nc(C(=O)N3CCC[C@@H](C)C3)cc(Nc3ccc(F)c(Cl)c3)c2cc1OC. The molecule has 8 heteroatoms. The number of piperidine rings is 1. The van der Waals surface area contributed by atoms with E-state index in [1.54, 1.807) is 38.5 Å². The predicted molar refractivity (Wildman–Crippen MR) is 124 cm³/mol. The van der Waals surface area contributed by atoms with Gasteiger partial charge in [0.25, 0.3) is 5.91 Å². The van der Waals surface area contributed by atoms with Crippen LogP contribution in [0.5, 0.6) is 11.5 Å². The van der Waals surface area contributed by atoms with Crippen molar-refractivity contribution in [3.05, 3.63) is 52.9 Å². The first-order valence-electron chi connectivity index (χ1n) is 10.5. The minimum absolute atomic E-state index is 0.00576. The maximum absolute atomic E-state index is 13.6. The molecule has 1 aliphatic heterocycles. The van der Waals surface area contributed by atoms with Gasteiger partial charge >= 0.3 is 0 Å². The summed E-state index contributed by atoms with van der Waals surface area (Å²) in [5.74, 6) is 0.883. The minimum Gasteiger partial charge on any atom is -0.493 e. The van der Waals surface area contributed by atoms with Gasteiger partial charge in [-0.05, 0) is 49.1 Å². The number of hydrogen-bond acceptors (Lipinski definition) is 5. The Kier molecular flexibility index (Phi) is 6.37. The van der Waals surface area contributed by atoms with Crippen molar-refractivity contribution in [2.45, 2.75) is 19.8 Å². The largest absolute Gasteiger partial charge is 0.493 e. The molecular formula is C24H25ClFN3O3. The number of nitrogens with one attached hydrogen (secondary N) is 1. The third-order valence-electron chi connectivity index (χ3n) is 5.68. The number of likely N-dealkylation sites (tertiary alicyclic amines) is 1. The summed E-state index contributed by atoms with van der Waals surface area (Å²) in [4.78, 5) is 19.8. The molecule has 0 aliphatic carbocycles. The van der Waals surface area contributed by atoms with Gasteiger partial charge in [0.2, 0.25) is 0 Å². The number of nitrogens with zero attached hydrogens (tertiary/aromatic N) is 2. The average molecular weight is 458 g/mol. The molecule has 2 heterocycles. The minimum atomic E-state index is -0.502. The van der Waals surface area contributed by atoms with Crippen molar-refractivity contribution < 1.29 is 18.7 Å². The van der Waals surface area contributed by atoms with Crippen molar-refractivity contribution in [1.29, 1.82) is 0 Å². The number of halogens is 2.